The van der Waals surface area contributed by atoms with Crippen molar-refractivity contribution in [3.8, 4) is 0 Å². The Bertz CT molecular complexity index is 333. The highest BCUT2D eigenvalue weighted by molar-refractivity contribution is 5.52. The van der Waals surface area contributed by atoms with Crippen LogP contribution in [0.15, 0.2) is 0 Å². The number of methoxy groups -OCH3 is 1. The third-order valence-electron chi connectivity index (χ3n) is 2.96. The van der Waals surface area contributed by atoms with E-state index in [4.69, 9.17) is 4.74 Å². The molecule has 0 fully saturated rings. The molecule has 0 saturated carbocycles. The Kier molecular flexibility index (Phi) is 3.74. The van der Waals surface area contributed by atoms with Crippen molar-refractivity contribution in [2.45, 2.75) is 39.8 Å². The van der Waals surface area contributed by atoms with Gasteiger partial charge in [0, 0.05) is 20.2 Å². The molecule has 1 rings (SSSR count). The fourth-order valence-corrected chi connectivity index (χ4v) is 1.53. The summed E-state index contributed by atoms with van der Waals surface area (Å²) in [5, 5.41) is 7.80. The minimum Gasteiger partial charge on any atom is -0.380 e. The molecule has 15 heavy (non-hydrogen) atoms. The Hall–Kier alpha value is -1.03. The van der Waals surface area contributed by atoms with Gasteiger partial charge in [-0.05, 0) is 27.7 Å². The standard InChI is InChI=1S/C11H21N3O/c1-7(10(4)15-6)12-11-8(2)13-14(5)9(11)3/h7,10,12H,1-6H3. The molecule has 2 atom stereocenters. The summed E-state index contributed by atoms with van der Waals surface area (Å²) < 4.78 is 7.17. The van der Waals surface area contributed by atoms with Crippen molar-refractivity contribution >= 4 is 5.69 Å². The van der Waals surface area contributed by atoms with Gasteiger partial charge in [0.05, 0.1) is 23.2 Å². The molecule has 1 N–H and O–H groups in total. The summed E-state index contributed by atoms with van der Waals surface area (Å²) in [6.07, 6.45) is 0.184. The van der Waals surface area contributed by atoms with Crippen molar-refractivity contribution in [3.63, 3.8) is 0 Å². The first-order valence-electron chi connectivity index (χ1n) is 5.27. The number of anilines is 1. The Labute approximate surface area is 91.6 Å². The Morgan fingerprint density at radius 1 is 1.33 bits per heavy atom. The van der Waals surface area contributed by atoms with Gasteiger partial charge in [0.25, 0.3) is 0 Å². The second-order valence-corrected chi connectivity index (χ2v) is 4.04. The first-order chi connectivity index (χ1) is 6.97. The normalized spacial score (nSPS) is 15.1. The summed E-state index contributed by atoms with van der Waals surface area (Å²) in [4.78, 5) is 0. The van der Waals surface area contributed by atoms with Gasteiger partial charge >= 0.3 is 0 Å². The van der Waals surface area contributed by atoms with Crippen molar-refractivity contribution < 1.29 is 4.74 Å². The van der Waals surface area contributed by atoms with E-state index in [0.717, 1.165) is 17.1 Å². The van der Waals surface area contributed by atoms with Crippen molar-refractivity contribution in [2.75, 3.05) is 12.4 Å². The summed E-state index contributed by atoms with van der Waals surface area (Å²) in [5.41, 5.74) is 3.31. The highest BCUT2D eigenvalue weighted by atomic mass is 16.5. The molecule has 0 aliphatic rings. The first kappa shape index (κ1) is 12.0. The molecule has 1 aromatic rings. The van der Waals surface area contributed by atoms with Gasteiger partial charge in [-0.1, -0.05) is 0 Å². The van der Waals surface area contributed by atoms with Crippen LogP contribution in [0.25, 0.3) is 0 Å². The molecule has 1 heterocycles. The van der Waals surface area contributed by atoms with Gasteiger partial charge in [-0.2, -0.15) is 5.10 Å². The topological polar surface area (TPSA) is 39.1 Å². The number of aromatic nitrogens is 2. The van der Waals surface area contributed by atoms with Gasteiger partial charge in [0.2, 0.25) is 0 Å². The molecule has 0 saturated heterocycles. The summed E-state index contributed by atoms with van der Waals surface area (Å²) in [6, 6.07) is 0.275. The molecule has 4 heteroatoms. The fourth-order valence-electron chi connectivity index (χ4n) is 1.53. The van der Waals surface area contributed by atoms with Crippen molar-refractivity contribution in [2.24, 2.45) is 7.05 Å². The molecule has 2 unspecified atom stereocenters. The molecule has 0 spiro atoms. The largest absolute Gasteiger partial charge is 0.380 e. The van der Waals surface area contributed by atoms with Crippen LogP contribution >= 0.6 is 0 Å². The molecule has 0 amide bonds. The van der Waals surface area contributed by atoms with Crippen molar-refractivity contribution in [1.82, 2.24) is 9.78 Å². The maximum Gasteiger partial charge on any atom is 0.0827 e. The summed E-state index contributed by atoms with van der Waals surface area (Å²) in [6.45, 7) is 8.24. The van der Waals surface area contributed by atoms with E-state index < -0.39 is 0 Å². The maximum atomic E-state index is 5.28. The lowest BCUT2D eigenvalue weighted by Crippen LogP contribution is -2.30. The first-order valence-corrected chi connectivity index (χ1v) is 5.27. The molecule has 0 aliphatic carbocycles. The minimum absolute atomic E-state index is 0.184. The van der Waals surface area contributed by atoms with Crippen LogP contribution in [0.2, 0.25) is 0 Å². The van der Waals surface area contributed by atoms with E-state index >= 15 is 0 Å². The molecule has 0 aromatic carbocycles. The second-order valence-electron chi connectivity index (χ2n) is 4.04. The van der Waals surface area contributed by atoms with Crippen LogP contribution in [-0.4, -0.2) is 29.0 Å². The van der Waals surface area contributed by atoms with Gasteiger partial charge in [-0.3, -0.25) is 4.68 Å². The van der Waals surface area contributed by atoms with Crippen LogP contribution in [0.3, 0.4) is 0 Å². The van der Waals surface area contributed by atoms with Crippen molar-refractivity contribution in [1.29, 1.82) is 0 Å². The van der Waals surface area contributed by atoms with E-state index in [2.05, 4.69) is 31.2 Å². The average Bonchev–Trinajstić information content (AvgIpc) is 2.43. The lowest BCUT2D eigenvalue weighted by atomic mass is 10.2. The van der Waals surface area contributed by atoms with Gasteiger partial charge in [-0.25, -0.2) is 0 Å². The molecule has 0 bridgehead atoms. The Morgan fingerprint density at radius 2 is 1.93 bits per heavy atom. The van der Waals surface area contributed by atoms with Gasteiger partial charge < -0.3 is 10.1 Å². The Morgan fingerprint density at radius 3 is 2.33 bits per heavy atom. The SMILES string of the molecule is COC(C)C(C)Nc1c(C)nn(C)c1C. The van der Waals surface area contributed by atoms with Crippen LogP contribution in [0.1, 0.15) is 25.2 Å². The monoisotopic (exact) mass is 211 g/mol. The van der Waals surface area contributed by atoms with Gasteiger partial charge in [0.15, 0.2) is 0 Å². The molecule has 4 nitrogen and oxygen atoms in total. The number of hydrogen-bond acceptors (Lipinski definition) is 3. The lowest BCUT2D eigenvalue weighted by molar-refractivity contribution is 0.106. The van der Waals surface area contributed by atoms with Crippen molar-refractivity contribution in [3.05, 3.63) is 11.4 Å². The smallest absolute Gasteiger partial charge is 0.0827 e. The van der Waals surface area contributed by atoms with E-state index in [0.29, 0.717) is 0 Å². The summed E-state index contributed by atoms with van der Waals surface area (Å²) in [5.74, 6) is 0. The van der Waals surface area contributed by atoms with Gasteiger partial charge in [0.1, 0.15) is 0 Å². The van der Waals surface area contributed by atoms with E-state index in [1.165, 1.54) is 0 Å². The zero-order valence-corrected chi connectivity index (χ0v) is 10.5. The van der Waals surface area contributed by atoms with Crippen LogP contribution in [-0.2, 0) is 11.8 Å². The summed E-state index contributed by atoms with van der Waals surface area (Å²) in [7, 11) is 3.68. The molecular weight excluding hydrogens is 190 g/mol. The molecule has 86 valence electrons. The van der Waals surface area contributed by atoms with Crippen LogP contribution in [0.5, 0.6) is 0 Å². The number of rotatable bonds is 4. The quantitative estimate of drug-likeness (QED) is 0.826. The number of nitrogens with zero attached hydrogens (tertiary/aromatic N) is 2. The number of aryl methyl sites for hydroxylation is 2. The summed E-state index contributed by atoms with van der Waals surface area (Å²) >= 11 is 0. The zero-order chi connectivity index (χ0) is 11.6. The molecule has 1 aromatic heterocycles. The number of hydrogen-bond donors (Lipinski definition) is 1. The molecule has 0 aliphatic heterocycles. The van der Waals surface area contributed by atoms with Crippen LogP contribution < -0.4 is 5.32 Å². The predicted molar refractivity (Wildman–Crippen MR) is 62.2 cm³/mol. The molecule has 0 radical (unpaired) electrons. The third kappa shape index (κ3) is 2.50. The van der Waals surface area contributed by atoms with Crippen LogP contribution in [0, 0.1) is 13.8 Å². The third-order valence-corrected chi connectivity index (χ3v) is 2.96. The highest BCUT2D eigenvalue weighted by Gasteiger charge is 2.15. The maximum absolute atomic E-state index is 5.28. The lowest BCUT2D eigenvalue weighted by Gasteiger charge is -2.21. The minimum atomic E-state index is 0.184. The highest BCUT2D eigenvalue weighted by Crippen LogP contribution is 2.20. The van der Waals surface area contributed by atoms with E-state index in [9.17, 15) is 0 Å². The number of nitrogens with one attached hydrogen (secondary N) is 1. The Balaban J connectivity index is 2.80. The van der Waals surface area contributed by atoms with E-state index in [1.54, 1.807) is 7.11 Å². The zero-order valence-electron chi connectivity index (χ0n) is 10.5. The number of ether oxygens (including phenoxy) is 1. The van der Waals surface area contributed by atoms with Gasteiger partial charge in [-0.15, -0.1) is 0 Å². The second kappa shape index (κ2) is 4.66. The molecular formula is C11H21N3O. The fraction of sp³-hybridized carbons (Fsp3) is 0.727. The van der Waals surface area contributed by atoms with E-state index in [1.807, 2.05) is 18.7 Å². The predicted octanol–water partition coefficient (Wildman–Crippen LogP) is 1.87. The van der Waals surface area contributed by atoms with E-state index in [-0.39, 0.29) is 12.1 Å². The van der Waals surface area contributed by atoms with Crippen LogP contribution in [0.4, 0.5) is 5.69 Å². The average molecular weight is 211 g/mol.